The van der Waals surface area contributed by atoms with E-state index in [1.807, 2.05) is 6.92 Å². The summed E-state index contributed by atoms with van der Waals surface area (Å²) < 4.78 is 17.3. The lowest BCUT2D eigenvalue weighted by atomic mass is 9.72. The molecule has 12 nitrogen and oxygen atoms in total. The number of likely N-dealkylation sites (N-methyl/N-ethyl adjacent to an activating group) is 1. The Labute approximate surface area is 235 Å². The van der Waals surface area contributed by atoms with Crippen LogP contribution in [0.25, 0.3) is 0 Å². The van der Waals surface area contributed by atoms with Gasteiger partial charge in [-0.2, -0.15) is 0 Å². The van der Waals surface area contributed by atoms with Crippen molar-refractivity contribution < 1.29 is 54.1 Å². The summed E-state index contributed by atoms with van der Waals surface area (Å²) in [5, 5.41) is 57.6. The number of hydrogen-bond acceptors (Lipinski definition) is 12. The monoisotopic (exact) mass is 571 g/mol. The van der Waals surface area contributed by atoms with E-state index in [-0.39, 0.29) is 34.4 Å². The normalized spacial score (nSPS) is 29.0. The van der Waals surface area contributed by atoms with Gasteiger partial charge in [0.25, 0.3) is 0 Å². The fourth-order valence-corrected chi connectivity index (χ4v) is 6.18. The van der Waals surface area contributed by atoms with E-state index >= 15 is 0 Å². The molecule has 2 aromatic rings. The summed E-state index contributed by atoms with van der Waals surface area (Å²) in [5.74, 6) is -3.68. The second-order valence-corrected chi connectivity index (χ2v) is 10.7. The second kappa shape index (κ2) is 10.8. The SMILES string of the molecule is CCNC1CC(O[C@H]2C[C@](O)(C(=O)CO)Cc3c(O)c4c(c(O)c32)C(=O)c2c(OC)cccc2C4=O)OC(C)C1O. The zero-order valence-electron chi connectivity index (χ0n) is 22.8. The Kier molecular flexibility index (Phi) is 7.66. The highest BCUT2D eigenvalue weighted by Crippen LogP contribution is 2.52. The zero-order valence-corrected chi connectivity index (χ0v) is 22.8. The van der Waals surface area contributed by atoms with Crippen molar-refractivity contribution in [1.82, 2.24) is 5.32 Å². The van der Waals surface area contributed by atoms with Crippen molar-refractivity contribution in [2.24, 2.45) is 0 Å². The van der Waals surface area contributed by atoms with Crippen LogP contribution in [0, 0.1) is 0 Å². The number of hydrogen-bond donors (Lipinski definition) is 6. The molecule has 12 heteroatoms. The van der Waals surface area contributed by atoms with Crippen molar-refractivity contribution >= 4 is 17.3 Å². The molecule has 1 heterocycles. The molecule has 0 amide bonds. The van der Waals surface area contributed by atoms with Gasteiger partial charge < -0.3 is 45.1 Å². The number of benzene rings is 2. The molecule has 1 aliphatic heterocycles. The Morgan fingerprint density at radius 3 is 2.51 bits per heavy atom. The molecule has 2 aliphatic carbocycles. The fraction of sp³-hybridized carbons (Fsp3) is 0.483. The van der Waals surface area contributed by atoms with Crippen LogP contribution in [0.3, 0.4) is 0 Å². The summed E-state index contributed by atoms with van der Waals surface area (Å²) in [5.41, 5.74) is -3.51. The maximum Gasteiger partial charge on any atom is 0.202 e. The summed E-state index contributed by atoms with van der Waals surface area (Å²) in [7, 11) is 1.33. The minimum absolute atomic E-state index is 0.0422. The van der Waals surface area contributed by atoms with Gasteiger partial charge >= 0.3 is 0 Å². The number of phenolic OH excluding ortho intramolecular Hbond substituents is 2. The first kappa shape index (κ1) is 29.1. The van der Waals surface area contributed by atoms with Gasteiger partial charge in [0.05, 0.1) is 42.1 Å². The molecule has 0 radical (unpaired) electrons. The number of aromatic hydroxyl groups is 2. The molecule has 6 N–H and O–H groups in total. The quantitative estimate of drug-likeness (QED) is 0.217. The average Bonchev–Trinajstić information content (AvgIpc) is 2.95. The summed E-state index contributed by atoms with van der Waals surface area (Å²) >= 11 is 0. The number of fused-ring (bicyclic) bond motifs is 3. The number of carbonyl (C=O) groups is 3. The Bertz CT molecular complexity index is 1420. The Hall–Kier alpha value is -3.39. The van der Waals surface area contributed by atoms with Crippen molar-refractivity contribution in [3.63, 3.8) is 0 Å². The topological polar surface area (TPSA) is 192 Å². The predicted octanol–water partition coefficient (Wildman–Crippen LogP) is 0.652. The number of methoxy groups -OCH3 is 1. The third-order valence-electron chi connectivity index (χ3n) is 8.23. The predicted molar refractivity (Wildman–Crippen MR) is 141 cm³/mol. The smallest absolute Gasteiger partial charge is 0.202 e. The molecule has 2 aromatic carbocycles. The van der Waals surface area contributed by atoms with Crippen LogP contribution in [-0.2, 0) is 20.7 Å². The minimum Gasteiger partial charge on any atom is -0.507 e. The molecule has 220 valence electrons. The number of ether oxygens (including phenoxy) is 3. The first-order valence-corrected chi connectivity index (χ1v) is 13.4. The number of aliphatic hydroxyl groups is 3. The lowest BCUT2D eigenvalue weighted by Crippen LogP contribution is -2.54. The third kappa shape index (κ3) is 4.60. The third-order valence-corrected chi connectivity index (χ3v) is 8.23. The van der Waals surface area contributed by atoms with Crippen molar-refractivity contribution in [2.75, 3.05) is 20.3 Å². The molecule has 4 unspecified atom stereocenters. The van der Waals surface area contributed by atoms with Crippen LogP contribution in [0.2, 0.25) is 0 Å². The van der Waals surface area contributed by atoms with E-state index in [9.17, 15) is 39.9 Å². The molecule has 5 rings (SSSR count). The lowest BCUT2D eigenvalue weighted by Gasteiger charge is -2.43. The molecule has 0 bridgehead atoms. The highest BCUT2D eigenvalue weighted by Gasteiger charge is 2.50. The number of carbonyl (C=O) groups excluding carboxylic acids is 3. The number of rotatable bonds is 7. The summed E-state index contributed by atoms with van der Waals surface area (Å²) in [6.07, 6.45) is -4.64. The number of Topliss-reactive ketones (excluding diaryl/α,β-unsaturated/α-hetero) is 1. The molecule has 0 spiro atoms. The zero-order chi connectivity index (χ0) is 29.8. The van der Waals surface area contributed by atoms with Gasteiger partial charge in [-0.05, 0) is 19.5 Å². The highest BCUT2D eigenvalue weighted by molar-refractivity contribution is 6.31. The standard InChI is InChI=1S/C29H33NO11/c1-4-30-15-8-19(40-12(2)24(15)33)41-17-10-29(38,18(32)11-31)9-14-21(17)28(37)23-22(26(14)35)25(34)13-6-5-7-16(39-3)20(13)27(23)36/h5-7,12,15,17,19,24,30-31,33,35,37-38H,4,8-11H2,1-3H3/t12?,15?,17-,19?,24?,29-/m0/s1. The van der Waals surface area contributed by atoms with Gasteiger partial charge in [-0.25, -0.2) is 0 Å². The van der Waals surface area contributed by atoms with Crippen LogP contribution in [0.5, 0.6) is 17.2 Å². The van der Waals surface area contributed by atoms with E-state index in [0.29, 0.717) is 6.54 Å². The molecule has 3 aliphatic rings. The molecular formula is C29H33NO11. The largest absolute Gasteiger partial charge is 0.507 e. The molecule has 1 fully saturated rings. The van der Waals surface area contributed by atoms with E-state index in [1.165, 1.54) is 25.3 Å². The number of ketones is 3. The number of phenols is 2. The van der Waals surface area contributed by atoms with E-state index in [2.05, 4.69) is 5.32 Å². The van der Waals surface area contributed by atoms with Crippen molar-refractivity contribution in [1.29, 1.82) is 0 Å². The van der Waals surface area contributed by atoms with Crippen molar-refractivity contribution in [2.45, 2.75) is 69.4 Å². The van der Waals surface area contributed by atoms with Crippen LogP contribution in [0.15, 0.2) is 18.2 Å². The minimum atomic E-state index is -2.23. The van der Waals surface area contributed by atoms with E-state index in [0.717, 1.165) is 0 Å². The van der Waals surface area contributed by atoms with Gasteiger partial charge in [0.2, 0.25) is 5.78 Å². The molecule has 41 heavy (non-hydrogen) atoms. The Morgan fingerprint density at radius 1 is 1.15 bits per heavy atom. The van der Waals surface area contributed by atoms with Crippen LogP contribution in [-0.4, -0.2) is 93.3 Å². The Balaban J connectivity index is 1.66. The average molecular weight is 572 g/mol. The first-order valence-electron chi connectivity index (χ1n) is 13.4. The van der Waals surface area contributed by atoms with Crippen LogP contribution in [0.1, 0.15) is 75.8 Å². The maximum absolute atomic E-state index is 13.7. The van der Waals surface area contributed by atoms with Crippen molar-refractivity contribution in [3.05, 3.63) is 51.6 Å². The van der Waals surface area contributed by atoms with E-state index in [4.69, 9.17) is 14.2 Å². The second-order valence-electron chi connectivity index (χ2n) is 10.7. The number of aliphatic hydroxyl groups excluding tert-OH is 2. The highest BCUT2D eigenvalue weighted by atomic mass is 16.7. The fourth-order valence-electron chi connectivity index (χ4n) is 6.18. The van der Waals surface area contributed by atoms with Gasteiger partial charge in [0.15, 0.2) is 17.9 Å². The van der Waals surface area contributed by atoms with Gasteiger partial charge in [0.1, 0.15) is 29.5 Å². The van der Waals surface area contributed by atoms with Crippen LogP contribution in [0.4, 0.5) is 0 Å². The summed E-state index contributed by atoms with van der Waals surface area (Å²) in [6.45, 7) is 3.07. The van der Waals surface area contributed by atoms with Crippen molar-refractivity contribution in [3.8, 4) is 17.2 Å². The lowest BCUT2D eigenvalue weighted by molar-refractivity contribution is -0.249. The maximum atomic E-state index is 13.7. The summed E-state index contributed by atoms with van der Waals surface area (Å²) in [4.78, 5) is 40.0. The van der Waals surface area contributed by atoms with Gasteiger partial charge in [0, 0.05) is 42.0 Å². The first-order chi connectivity index (χ1) is 19.5. The molecule has 1 saturated heterocycles. The van der Waals surface area contributed by atoms with Gasteiger partial charge in [-0.15, -0.1) is 0 Å². The van der Waals surface area contributed by atoms with Crippen LogP contribution >= 0.6 is 0 Å². The molecule has 0 aromatic heterocycles. The van der Waals surface area contributed by atoms with E-state index < -0.39 is 95.7 Å². The van der Waals surface area contributed by atoms with E-state index in [1.54, 1.807) is 6.92 Å². The number of nitrogens with one attached hydrogen (secondary N) is 1. The molecular weight excluding hydrogens is 538 g/mol. The molecule has 6 atom stereocenters. The van der Waals surface area contributed by atoms with Gasteiger partial charge in [-0.3, -0.25) is 14.4 Å². The van der Waals surface area contributed by atoms with Crippen LogP contribution < -0.4 is 10.1 Å². The van der Waals surface area contributed by atoms with Gasteiger partial charge in [-0.1, -0.05) is 19.1 Å². The Morgan fingerprint density at radius 2 is 1.85 bits per heavy atom. The molecule has 0 saturated carbocycles. The summed E-state index contributed by atoms with van der Waals surface area (Å²) in [6, 6.07) is 3.98.